The van der Waals surface area contributed by atoms with Crippen molar-refractivity contribution in [1.29, 1.82) is 0 Å². The van der Waals surface area contributed by atoms with Gasteiger partial charge in [-0.3, -0.25) is 0 Å². The third-order valence-electron chi connectivity index (χ3n) is 3.72. The Morgan fingerprint density at radius 2 is 2.15 bits per heavy atom. The highest BCUT2D eigenvalue weighted by Gasteiger charge is 2.30. The first-order valence-electron chi connectivity index (χ1n) is 8.46. The minimum atomic E-state index is -1.26. The van der Waals surface area contributed by atoms with Gasteiger partial charge in [-0.05, 0) is 26.8 Å². The van der Waals surface area contributed by atoms with Crippen LogP contribution in [-0.2, 0) is 9.53 Å². The van der Waals surface area contributed by atoms with Crippen LogP contribution in [0.25, 0.3) is 5.57 Å². The standard InChI is InChI=1S/C17H24FN5O4/c1-17(2,3)27-16(26)21-11-6-10(18)8-23(9-11)13-4-5-20-14(22-13)12(7-19)15(24)25/h4-5,7,10-11H,6,8-9,19H2,1-3H3,(H,21,26)(H,24,25)/b12-7+/t10-,11-/m1/s1. The Hall–Kier alpha value is -2.91. The van der Waals surface area contributed by atoms with Crippen molar-refractivity contribution in [3.8, 4) is 0 Å². The van der Waals surface area contributed by atoms with Crippen molar-refractivity contribution < 1.29 is 23.8 Å². The molecule has 0 unspecified atom stereocenters. The maximum atomic E-state index is 14.2. The summed E-state index contributed by atoms with van der Waals surface area (Å²) in [6.07, 6.45) is 0.617. The van der Waals surface area contributed by atoms with E-state index in [9.17, 15) is 14.0 Å². The van der Waals surface area contributed by atoms with Crippen LogP contribution in [0, 0.1) is 0 Å². The number of hydrogen-bond acceptors (Lipinski definition) is 7. The van der Waals surface area contributed by atoms with Crippen LogP contribution in [0.5, 0.6) is 0 Å². The zero-order valence-electron chi connectivity index (χ0n) is 15.5. The number of nitrogens with one attached hydrogen (secondary N) is 1. The smallest absolute Gasteiger partial charge is 0.407 e. The Morgan fingerprint density at radius 1 is 1.44 bits per heavy atom. The zero-order chi connectivity index (χ0) is 20.2. The molecule has 2 atom stereocenters. The van der Waals surface area contributed by atoms with Gasteiger partial charge in [-0.25, -0.2) is 23.9 Å². The summed E-state index contributed by atoms with van der Waals surface area (Å²) in [7, 11) is 0. The molecule has 0 saturated carbocycles. The van der Waals surface area contributed by atoms with Gasteiger partial charge in [-0.2, -0.15) is 0 Å². The van der Waals surface area contributed by atoms with E-state index in [1.165, 1.54) is 6.20 Å². The first kappa shape index (κ1) is 20.4. The van der Waals surface area contributed by atoms with E-state index >= 15 is 0 Å². The van der Waals surface area contributed by atoms with Crippen molar-refractivity contribution in [3.05, 3.63) is 24.3 Å². The lowest BCUT2D eigenvalue weighted by Crippen LogP contribution is -2.52. The lowest BCUT2D eigenvalue weighted by molar-refractivity contribution is -0.130. The molecule has 2 rings (SSSR count). The summed E-state index contributed by atoms with van der Waals surface area (Å²) >= 11 is 0. The largest absolute Gasteiger partial charge is 0.477 e. The SMILES string of the molecule is CC(C)(C)OC(=O)N[C@@H]1C[C@@H](F)CN(c2ccnc(/C(=C\N)C(=O)O)n2)C1. The fourth-order valence-corrected chi connectivity index (χ4v) is 2.70. The van der Waals surface area contributed by atoms with Gasteiger partial charge in [0.1, 0.15) is 23.2 Å². The normalized spacial score (nSPS) is 20.9. The number of nitrogens with zero attached hydrogens (tertiary/aromatic N) is 3. The summed E-state index contributed by atoms with van der Waals surface area (Å²) in [5, 5.41) is 11.8. The van der Waals surface area contributed by atoms with E-state index in [2.05, 4.69) is 15.3 Å². The number of rotatable bonds is 4. The maximum Gasteiger partial charge on any atom is 0.407 e. The molecule has 0 aliphatic carbocycles. The van der Waals surface area contributed by atoms with E-state index < -0.39 is 29.9 Å². The van der Waals surface area contributed by atoms with Gasteiger partial charge in [-0.15, -0.1) is 0 Å². The first-order valence-corrected chi connectivity index (χ1v) is 8.46. The van der Waals surface area contributed by atoms with Crippen LogP contribution in [0.3, 0.4) is 0 Å². The number of carboxylic acids is 1. The lowest BCUT2D eigenvalue weighted by Gasteiger charge is -2.36. The van der Waals surface area contributed by atoms with Crippen LogP contribution in [-0.4, -0.2) is 58.0 Å². The number of halogens is 1. The predicted molar refractivity (Wildman–Crippen MR) is 96.7 cm³/mol. The molecular formula is C17H24FN5O4. The number of carbonyl (C=O) groups excluding carboxylic acids is 1. The van der Waals surface area contributed by atoms with Crippen LogP contribution in [0.1, 0.15) is 33.0 Å². The monoisotopic (exact) mass is 381 g/mol. The molecule has 0 bridgehead atoms. The van der Waals surface area contributed by atoms with E-state index in [-0.39, 0.29) is 24.4 Å². The summed E-state index contributed by atoms with van der Waals surface area (Å²) in [5.41, 5.74) is 4.41. The van der Waals surface area contributed by atoms with Crippen LogP contribution in [0.4, 0.5) is 15.0 Å². The lowest BCUT2D eigenvalue weighted by atomic mass is 10.0. The highest BCUT2D eigenvalue weighted by atomic mass is 19.1. The molecule has 0 spiro atoms. The molecule has 1 aromatic heterocycles. The maximum absolute atomic E-state index is 14.2. The average molecular weight is 381 g/mol. The Labute approximate surface area is 156 Å². The van der Waals surface area contributed by atoms with Crippen LogP contribution in [0.15, 0.2) is 18.5 Å². The highest BCUT2D eigenvalue weighted by molar-refractivity contribution is 6.13. The number of alkyl carbamates (subject to hydrolysis) is 1. The van der Waals surface area contributed by atoms with Gasteiger partial charge in [0.2, 0.25) is 0 Å². The quantitative estimate of drug-likeness (QED) is 0.665. The topological polar surface area (TPSA) is 131 Å². The van der Waals surface area contributed by atoms with E-state index in [4.69, 9.17) is 15.6 Å². The van der Waals surface area contributed by atoms with Gasteiger partial charge in [0.25, 0.3) is 0 Å². The molecule has 1 aliphatic rings. The second-order valence-electron chi connectivity index (χ2n) is 7.21. The van der Waals surface area contributed by atoms with Crippen molar-refractivity contribution >= 4 is 23.5 Å². The van der Waals surface area contributed by atoms with Crippen molar-refractivity contribution in [2.75, 3.05) is 18.0 Å². The predicted octanol–water partition coefficient (Wildman–Crippen LogP) is 1.30. The van der Waals surface area contributed by atoms with E-state index in [0.29, 0.717) is 12.4 Å². The molecule has 1 saturated heterocycles. The van der Waals surface area contributed by atoms with Crippen molar-refractivity contribution in [3.63, 3.8) is 0 Å². The number of ether oxygens (including phenoxy) is 1. The highest BCUT2D eigenvalue weighted by Crippen LogP contribution is 2.21. The minimum absolute atomic E-state index is 0.0672. The summed E-state index contributed by atoms with van der Waals surface area (Å²) in [6, 6.07) is 1.06. The van der Waals surface area contributed by atoms with Crippen molar-refractivity contribution in [2.24, 2.45) is 5.73 Å². The third-order valence-corrected chi connectivity index (χ3v) is 3.72. The van der Waals surface area contributed by atoms with Gasteiger partial charge >= 0.3 is 12.1 Å². The average Bonchev–Trinajstić information content (AvgIpc) is 2.53. The fraction of sp³-hybridized carbons (Fsp3) is 0.529. The second kappa shape index (κ2) is 8.19. The van der Waals surface area contributed by atoms with Gasteiger partial charge in [0.05, 0.1) is 12.6 Å². The molecule has 0 aromatic carbocycles. The molecule has 2 heterocycles. The number of nitrogens with two attached hydrogens (primary N) is 1. The molecule has 27 heavy (non-hydrogen) atoms. The molecule has 1 aliphatic heterocycles. The molecular weight excluding hydrogens is 357 g/mol. The Kier molecular flexibility index (Phi) is 6.19. The Balaban J connectivity index is 2.14. The number of carboxylic acid groups (broad SMARTS) is 1. The summed E-state index contributed by atoms with van der Waals surface area (Å²) in [5.74, 6) is -0.986. The van der Waals surface area contributed by atoms with Gasteiger partial charge in [0, 0.05) is 25.4 Å². The van der Waals surface area contributed by atoms with E-state index in [1.807, 2.05) is 0 Å². The minimum Gasteiger partial charge on any atom is -0.477 e. The number of aliphatic carboxylic acids is 1. The number of aromatic nitrogens is 2. The second-order valence-corrected chi connectivity index (χ2v) is 7.21. The molecule has 0 radical (unpaired) electrons. The van der Waals surface area contributed by atoms with Crippen molar-refractivity contribution in [2.45, 2.75) is 45.0 Å². The number of alkyl halides is 1. The third kappa shape index (κ3) is 5.80. The number of anilines is 1. The Bertz CT molecular complexity index is 734. The summed E-state index contributed by atoms with van der Waals surface area (Å²) < 4.78 is 19.4. The fourth-order valence-electron chi connectivity index (χ4n) is 2.70. The van der Waals surface area contributed by atoms with E-state index in [1.54, 1.807) is 31.7 Å². The van der Waals surface area contributed by atoms with Crippen LogP contribution in [0.2, 0.25) is 0 Å². The first-order chi connectivity index (χ1) is 12.6. The van der Waals surface area contributed by atoms with Gasteiger partial charge < -0.3 is 25.8 Å². The Morgan fingerprint density at radius 3 is 2.74 bits per heavy atom. The van der Waals surface area contributed by atoms with Crippen molar-refractivity contribution in [1.82, 2.24) is 15.3 Å². The zero-order valence-corrected chi connectivity index (χ0v) is 15.5. The molecule has 10 heteroatoms. The van der Waals surface area contributed by atoms with Gasteiger partial charge in [-0.1, -0.05) is 0 Å². The van der Waals surface area contributed by atoms with Gasteiger partial charge in [0.15, 0.2) is 5.82 Å². The molecule has 148 valence electrons. The number of hydrogen-bond donors (Lipinski definition) is 3. The number of amides is 1. The molecule has 1 amide bonds. The number of piperidine rings is 1. The molecule has 4 N–H and O–H groups in total. The summed E-state index contributed by atoms with van der Waals surface area (Å²) in [6.45, 7) is 5.59. The molecule has 1 aromatic rings. The number of carbonyl (C=O) groups is 2. The molecule has 1 fully saturated rings. The van der Waals surface area contributed by atoms with Crippen LogP contribution < -0.4 is 16.0 Å². The van der Waals surface area contributed by atoms with E-state index in [0.717, 1.165) is 6.20 Å². The van der Waals surface area contributed by atoms with Crippen LogP contribution >= 0.6 is 0 Å². The molecule has 9 nitrogen and oxygen atoms in total. The summed E-state index contributed by atoms with van der Waals surface area (Å²) in [4.78, 5) is 32.8.